The summed E-state index contributed by atoms with van der Waals surface area (Å²) >= 11 is 0. The first-order chi connectivity index (χ1) is 10.7. The lowest BCUT2D eigenvalue weighted by atomic mass is 9.82. The van der Waals surface area contributed by atoms with Crippen molar-refractivity contribution >= 4 is 0 Å². The van der Waals surface area contributed by atoms with Crippen LogP contribution >= 0.6 is 0 Å². The largest absolute Gasteiger partial charge is 0.343 e. The summed E-state index contributed by atoms with van der Waals surface area (Å²) < 4.78 is 1.61. The van der Waals surface area contributed by atoms with Crippen molar-refractivity contribution in [3.63, 3.8) is 0 Å². The van der Waals surface area contributed by atoms with E-state index in [1.54, 1.807) is 30.2 Å². The van der Waals surface area contributed by atoms with E-state index in [0.29, 0.717) is 12.0 Å². The minimum Gasteiger partial charge on any atom is -0.308 e. The first-order valence-electron chi connectivity index (χ1n) is 7.82. The average Bonchev–Trinajstić information content (AvgIpc) is 2.87. The molecule has 2 aromatic rings. The number of nitrogens with zero attached hydrogens (tertiary/aromatic N) is 4. The van der Waals surface area contributed by atoms with Gasteiger partial charge in [-0.25, -0.2) is 9.89 Å². The molecule has 0 saturated heterocycles. The molecule has 2 aromatic heterocycles. The van der Waals surface area contributed by atoms with Crippen molar-refractivity contribution in [2.75, 3.05) is 0 Å². The van der Waals surface area contributed by atoms with Crippen molar-refractivity contribution in [1.29, 1.82) is 0 Å². The predicted molar refractivity (Wildman–Crippen MR) is 82.2 cm³/mol. The molecule has 0 bridgehead atoms. The van der Waals surface area contributed by atoms with Crippen LogP contribution in [-0.4, -0.2) is 30.8 Å². The van der Waals surface area contributed by atoms with E-state index >= 15 is 0 Å². The minimum atomic E-state index is -0.144. The summed E-state index contributed by atoms with van der Waals surface area (Å²) in [4.78, 5) is 19.9. The van der Waals surface area contributed by atoms with E-state index in [1.165, 1.54) is 19.3 Å². The van der Waals surface area contributed by atoms with E-state index in [0.717, 1.165) is 30.9 Å². The van der Waals surface area contributed by atoms with E-state index < -0.39 is 0 Å². The second-order valence-corrected chi connectivity index (χ2v) is 5.94. The van der Waals surface area contributed by atoms with E-state index in [9.17, 15) is 4.79 Å². The maximum Gasteiger partial charge on any atom is 0.343 e. The van der Waals surface area contributed by atoms with Crippen LogP contribution in [-0.2, 0) is 20.0 Å². The van der Waals surface area contributed by atoms with E-state index in [4.69, 9.17) is 0 Å². The molecule has 1 saturated carbocycles. The van der Waals surface area contributed by atoms with Gasteiger partial charge < -0.3 is 5.32 Å². The normalized spacial score (nSPS) is 21.9. The highest BCUT2D eigenvalue weighted by Crippen LogP contribution is 2.27. The molecule has 22 heavy (non-hydrogen) atoms. The molecule has 3 rings (SSSR count). The summed E-state index contributed by atoms with van der Waals surface area (Å²) in [5, 5.41) is 10.3. The van der Waals surface area contributed by atoms with Crippen LogP contribution in [0.15, 0.2) is 23.4 Å². The van der Waals surface area contributed by atoms with Crippen molar-refractivity contribution in [3.8, 4) is 0 Å². The Morgan fingerprint density at radius 2 is 2.23 bits per heavy atom. The van der Waals surface area contributed by atoms with Crippen molar-refractivity contribution in [2.24, 2.45) is 13.0 Å². The molecule has 0 amide bonds. The van der Waals surface area contributed by atoms with Crippen molar-refractivity contribution in [1.82, 2.24) is 30.0 Å². The monoisotopic (exact) mass is 302 g/mol. The molecule has 1 fully saturated rings. The first-order valence-corrected chi connectivity index (χ1v) is 7.82. The van der Waals surface area contributed by atoms with Crippen molar-refractivity contribution in [2.45, 2.75) is 44.7 Å². The van der Waals surface area contributed by atoms with Gasteiger partial charge in [0.1, 0.15) is 5.82 Å². The van der Waals surface area contributed by atoms with Crippen LogP contribution in [0.3, 0.4) is 0 Å². The van der Waals surface area contributed by atoms with Gasteiger partial charge in [0.05, 0.1) is 5.69 Å². The van der Waals surface area contributed by atoms with Gasteiger partial charge in [0.25, 0.3) is 0 Å². The number of aromatic amines is 1. The third-order valence-electron chi connectivity index (χ3n) is 4.49. The maximum atomic E-state index is 11.5. The second kappa shape index (κ2) is 6.83. The number of aromatic nitrogens is 5. The SMILES string of the molecule is Cn1c(C[C@H]2CCCC[C@H]2NCc2cnccn2)n[nH]c1=O. The van der Waals surface area contributed by atoms with E-state index in [2.05, 4.69) is 25.5 Å². The minimum absolute atomic E-state index is 0.144. The second-order valence-electron chi connectivity index (χ2n) is 5.94. The Balaban J connectivity index is 1.63. The molecule has 1 aliphatic rings. The summed E-state index contributed by atoms with van der Waals surface area (Å²) in [7, 11) is 1.77. The van der Waals surface area contributed by atoms with Crippen LogP contribution in [0.25, 0.3) is 0 Å². The highest BCUT2D eigenvalue weighted by molar-refractivity contribution is 4.97. The van der Waals surface area contributed by atoms with Crippen LogP contribution in [0.4, 0.5) is 0 Å². The van der Waals surface area contributed by atoms with Crippen LogP contribution in [0.5, 0.6) is 0 Å². The highest BCUT2D eigenvalue weighted by Gasteiger charge is 2.26. The topological polar surface area (TPSA) is 88.5 Å². The lowest BCUT2D eigenvalue weighted by Crippen LogP contribution is -2.39. The molecule has 0 aromatic carbocycles. The summed E-state index contributed by atoms with van der Waals surface area (Å²) in [6.45, 7) is 0.731. The zero-order valence-electron chi connectivity index (χ0n) is 12.8. The number of hydrogen-bond donors (Lipinski definition) is 2. The van der Waals surface area contributed by atoms with Gasteiger partial charge in [0.2, 0.25) is 0 Å². The maximum absolute atomic E-state index is 11.5. The van der Waals surface area contributed by atoms with Crippen LogP contribution < -0.4 is 11.0 Å². The lowest BCUT2D eigenvalue weighted by molar-refractivity contribution is 0.254. The zero-order chi connectivity index (χ0) is 15.4. The molecule has 118 valence electrons. The standard InChI is InChI=1S/C15H22N6O/c1-21-14(19-20-15(21)22)8-11-4-2-3-5-13(11)18-10-12-9-16-6-7-17-12/h6-7,9,11,13,18H,2-5,8,10H2,1H3,(H,20,22)/t11-,13-/m1/s1. The number of hydrogen-bond acceptors (Lipinski definition) is 5. The molecule has 7 nitrogen and oxygen atoms in total. The number of H-pyrrole nitrogens is 1. The quantitative estimate of drug-likeness (QED) is 0.852. The van der Waals surface area contributed by atoms with Crippen molar-refractivity contribution < 1.29 is 0 Å². The number of nitrogens with one attached hydrogen (secondary N) is 2. The van der Waals surface area contributed by atoms with Gasteiger partial charge >= 0.3 is 5.69 Å². The molecular formula is C15H22N6O. The Morgan fingerprint density at radius 3 is 2.95 bits per heavy atom. The van der Waals surface area contributed by atoms with Gasteiger partial charge in [0, 0.05) is 44.6 Å². The summed E-state index contributed by atoms with van der Waals surface area (Å²) in [5.74, 6) is 1.34. The van der Waals surface area contributed by atoms with Gasteiger partial charge in [0.15, 0.2) is 0 Å². The zero-order valence-corrected chi connectivity index (χ0v) is 12.8. The Bertz CT molecular complexity index is 650. The third-order valence-corrected chi connectivity index (χ3v) is 4.49. The Hall–Kier alpha value is -2.02. The van der Waals surface area contributed by atoms with E-state index in [1.807, 2.05) is 0 Å². The molecule has 1 aliphatic carbocycles. The van der Waals surface area contributed by atoms with Gasteiger partial charge in [-0.2, -0.15) is 5.10 Å². The Labute approximate surface area is 129 Å². The molecule has 0 spiro atoms. The van der Waals surface area contributed by atoms with Gasteiger partial charge in [-0.1, -0.05) is 12.8 Å². The molecule has 0 unspecified atom stereocenters. The fraction of sp³-hybridized carbons (Fsp3) is 0.600. The van der Waals surface area contributed by atoms with Crippen LogP contribution in [0.1, 0.15) is 37.2 Å². The lowest BCUT2D eigenvalue weighted by Gasteiger charge is -2.32. The summed E-state index contributed by atoms with van der Waals surface area (Å²) in [6.07, 6.45) is 10.8. The fourth-order valence-electron chi connectivity index (χ4n) is 3.17. The first kappa shape index (κ1) is 14.9. The predicted octanol–water partition coefficient (Wildman–Crippen LogP) is 0.789. The molecule has 7 heteroatoms. The van der Waals surface area contributed by atoms with Crippen molar-refractivity contribution in [3.05, 3.63) is 40.6 Å². The highest BCUT2D eigenvalue weighted by atomic mass is 16.1. The Morgan fingerprint density at radius 1 is 1.36 bits per heavy atom. The fourth-order valence-corrected chi connectivity index (χ4v) is 3.17. The molecule has 2 N–H and O–H groups in total. The Kier molecular flexibility index (Phi) is 4.62. The van der Waals surface area contributed by atoms with Gasteiger partial charge in [-0.05, 0) is 18.8 Å². The molecular weight excluding hydrogens is 280 g/mol. The van der Waals surface area contributed by atoms with Crippen LogP contribution in [0, 0.1) is 5.92 Å². The number of rotatable bonds is 5. The molecule has 0 radical (unpaired) electrons. The van der Waals surface area contributed by atoms with Gasteiger partial charge in [-0.3, -0.25) is 14.5 Å². The third kappa shape index (κ3) is 3.41. The van der Waals surface area contributed by atoms with Gasteiger partial charge in [-0.15, -0.1) is 0 Å². The summed E-state index contributed by atoms with van der Waals surface area (Å²) in [5.41, 5.74) is 0.814. The molecule has 2 heterocycles. The summed E-state index contributed by atoms with van der Waals surface area (Å²) in [6, 6.07) is 0.433. The average molecular weight is 302 g/mol. The molecule has 2 atom stereocenters. The molecule has 0 aliphatic heterocycles. The van der Waals surface area contributed by atoms with E-state index in [-0.39, 0.29) is 5.69 Å². The van der Waals surface area contributed by atoms with Crippen LogP contribution in [0.2, 0.25) is 0 Å². The smallest absolute Gasteiger partial charge is 0.308 e.